The van der Waals surface area contributed by atoms with Crippen molar-refractivity contribution in [1.82, 2.24) is 0 Å². The van der Waals surface area contributed by atoms with Gasteiger partial charge in [-0.2, -0.15) is 13.2 Å². The van der Waals surface area contributed by atoms with E-state index in [1.54, 1.807) is 0 Å². The Balaban J connectivity index is 2.65. The third-order valence-electron chi connectivity index (χ3n) is 3.91. The van der Waals surface area contributed by atoms with E-state index in [0.29, 0.717) is 25.7 Å². The molecule has 1 aliphatic carbocycles. The van der Waals surface area contributed by atoms with Crippen molar-refractivity contribution in [3.05, 3.63) is 29.3 Å². The molecule has 1 fully saturated rings. The van der Waals surface area contributed by atoms with Crippen LogP contribution in [-0.4, -0.2) is 18.2 Å². The van der Waals surface area contributed by atoms with Gasteiger partial charge >= 0.3 is 12.1 Å². The van der Waals surface area contributed by atoms with Crippen molar-refractivity contribution in [3.8, 4) is 5.75 Å². The number of carboxylic acid groups (broad SMARTS) is 1. The number of para-hydroxylation sites is 1. The molecule has 1 aromatic rings. The molecule has 0 bridgehead atoms. The fourth-order valence-electron chi connectivity index (χ4n) is 2.93. The van der Waals surface area contributed by atoms with Crippen molar-refractivity contribution in [1.29, 1.82) is 0 Å². The molecule has 0 atom stereocenters. The summed E-state index contributed by atoms with van der Waals surface area (Å²) in [5, 5.41) is 9.49. The largest absolute Gasteiger partial charge is 0.496 e. The normalized spacial score (nSPS) is 18.0. The first-order chi connectivity index (χ1) is 9.33. The van der Waals surface area contributed by atoms with E-state index in [1.165, 1.54) is 12.1 Å². The molecule has 6 heteroatoms. The molecular formula is C14H15F3O3. The molecule has 1 aromatic carbocycles. The maximum atomic E-state index is 13.0. The number of carbonyl (C=O) groups is 1. The average Bonchev–Trinajstić information content (AvgIpc) is 2.87. The number of methoxy groups -OCH3 is 1. The minimum atomic E-state index is -4.57. The van der Waals surface area contributed by atoms with Crippen LogP contribution in [0.5, 0.6) is 5.75 Å². The number of hydrogen-bond donors (Lipinski definition) is 1. The lowest BCUT2D eigenvalue weighted by molar-refractivity contribution is -0.144. The highest BCUT2D eigenvalue weighted by Crippen LogP contribution is 2.48. The van der Waals surface area contributed by atoms with Crippen LogP contribution in [0.2, 0.25) is 0 Å². The number of rotatable bonds is 3. The topological polar surface area (TPSA) is 46.5 Å². The first-order valence-electron chi connectivity index (χ1n) is 6.31. The van der Waals surface area contributed by atoms with Gasteiger partial charge in [0.1, 0.15) is 5.75 Å². The van der Waals surface area contributed by atoms with E-state index in [9.17, 15) is 23.1 Å². The second kappa shape index (κ2) is 5.00. The van der Waals surface area contributed by atoms with Crippen LogP contribution in [-0.2, 0) is 16.4 Å². The van der Waals surface area contributed by atoms with Crippen LogP contribution < -0.4 is 4.74 Å². The molecular weight excluding hydrogens is 273 g/mol. The summed E-state index contributed by atoms with van der Waals surface area (Å²) in [5.41, 5.74) is -2.07. The average molecular weight is 288 g/mol. The fourth-order valence-corrected chi connectivity index (χ4v) is 2.93. The SMILES string of the molecule is COc1c(C(F)(F)F)cccc1C1(C(=O)O)CCCC1. The van der Waals surface area contributed by atoms with Gasteiger partial charge in [0.15, 0.2) is 0 Å². The first kappa shape index (κ1) is 14.7. The van der Waals surface area contributed by atoms with Crippen molar-refractivity contribution in [2.24, 2.45) is 0 Å². The number of aliphatic carboxylic acids is 1. The highest BCUT2D eigenvalue weighted by Gasteiger charge is 2.47. The minimum Gasteiger partial charge on any atom is -0.496 e. The van der Waals surface area contributed by atoms with E-state index in [1.807, 2.05) is 0 Å². The molecule has 0 aliphatic heterocycles. The number of hydrogen-bond acceptors (Lipinski definition) is 2. The highest BCUT2D eigenvalue weighted by molar-refractivity contribution is 5.83. The summed E-state index contributed by atoms with van der Waals surface area (Å²) in [4.78, 5) is 11.6. The molecule has 1 saturated carbocycles. The van der Waals surface area contributed by atoms with Gasteiger partial charge in [-0.25, -0.2) is 0 Å². The monoisotopic (exact) mass is 288 g/mol. The van der Waals surface area contributed by atoms with Gasteiger partial charge in [-0.1, -0.05) is 25.0 Å². The van der Waals surface area contributed by atoms with Crippen LogP contribution in [0, 0.1) is 0 Å². The van der Waals surface area contributed by atoms with Gasteiger partial charge in [0.05, 0.1) is 18.1 Å². The predicted molar refractivity (Wildman–Crippen MR) is 65.8 cm³/mol. The zero-order valence-electron chi connectivity index (χ0n) is 11.0. The van der Waals surface area contributed by atoms with E-state index in [-0.39, 0.29) is 11.3 Å². The third-order valence-corrected chi connectivity index (χ3v) is 3.91. The molecule has 0 unspecified atom stereocenters. The Labute approximate surface area is 114 Å². The van der Waals surface area contributed by atoms with Crippen molar-refractivity contribution < 1.29 is 27.8 Å². The Morgan fingerprint density at radius 1 is 1.30 bits per heavy atom. The number of carboxylic acids is 1. The van der Waals surface area contributed by atoms with Gasteiger partial charge in [0.25, 0.3) is 0 Å². The molecule has 3 nitrogen and oxygen atoms in total. The minimum absolute atomic E-state index is 0.125. The Bertz CT molecular complexity index is 517. The van der Waals surface area contributed by atoms with Crippen molar-refractivity contribution in [2.75, 3.05) is 7.11 Å². The molecule has 0 aromatic heterocycles. The molecule has 2 rings (SSSR count). The van der Waals surface area contributed by atoms with Gasteiger partial charge in [-0.05, 0) is 18.9 Å². The van der Waals surface area contributed by atoms with Crippen molar-refractivity contribution >= 4 is 5.97 Å². The van der Waals surface area contributed by atoms with Gasteiger partial charge < -0.3 is 9.84 Å². The number of ether oxygens (including phenoxy) is 1. The molecule has 0 radical (unpaired) electrons. The molecule has 0 spiro atoms. The van der Waals surface area contributed by atoms with Crippen molar-refractivity contribution in [2.45, 2.75) is 37.3 Å². The lowest BCUT2D eigenvalue weighted by Crippen LogP contribution is -2.33. The van der Waals surface area contributed by atoms with Gasteiger partial charge in [0.2, 0.25) is 0 Å². The van der Waals surface area contributed by atoms with Crippen LogP contribution in [0.25, 0.3) is 0 Å². The van der Waals surface area contributed by atoms with Crippen LogP contribution in [0.4, 0.5) is 13.2 Å². The Kier molecular flexibility index (Phi) is 3.67. The molecule has 0 saturated heterocycles. The maximum absolute atomic E-state index is 13.0. The zero-order valence-corrected chi connectivity index (χ0v) is 11.0. The molecule has 0 heterocycles. The lowest BCUT2D eigenvalue weighted by atomic mass is 9.77. The quantitative estimate of drug-likeness (QED) is 0.924. The van der Waals surface area contributed by atoms with Gasteiger partial charge in [-0.3, -0.25) is 4.79 Å². The van der Waals surface area contributed by atoms with E-state index in [2.05, 4.69) is 0 Å². The van der Waals surface area contributed by atoms with Gasteiger partial charge in [0, 0.05) is 5.56 Å². The van der Waals surface area contributed by atoms with E-state index in [4.69, 9.17) is 4.74 Å². The van der Waals surface area contributed by atoms with E-state index < -0.39 is 23.1 Å². The number of alkyl halides is 3. The fraction of sp³-hybridized carbons (Fsp3) is 0.500. The molecule has 1 aliphatic rings. The van der Waals surface area contributed by atoms with Crippen molar-refractivity contribution in [3.63, 3.8) is 0 Å². The van der Waals surface area contributed by atoms with Crippen LogP contribution in [0.15, 0.2) is 18.2 Å². The molecule has 20 heavy (non-hydrogen) atoms. The lowest BCUT2D eigenvalue weighted by Gasteiger charge is -2.27. The number of halogens is 3. The summed E-state index contributed by atoms with van der Waals surface area (Å²) in [6.07, 6.45) is -2.53. The summed E-state index contributed by atoms with van der Waals surface area (Å²) in [6.45, 7) is 0. The summed E-state index contributed by atoms with van der Waals surface area (Å²) in [6, 6.07) is 3.57. The standard InChI is InChI=1S/C14H15F3O3/c1-20-11-9(5-4-6-10(11)14(15,16)17)13(12(18)19)7-2-3-8-13/h4-6H,2-3,7-8H2,1H3,(H,18,19). The third kappa shape index (κ3) is 2.23. The molecule has 1 N–H and O–H groups in total. The Morgan fingerprint density at radius 2 is 1.90 bits per heavy atom. The van der Waals surface area contributed by atoms with Crippen LogP contribution in [0.1, 0.15) is 36.8 Å². The summed E-state index contributed by atoms with van der Waals surface area (Å²) in [7, 11) is 1.14. The Hall–Kier alpha value is -1.72. The van der Waals surface area contributed by atoms with Gasteiger partial charge in [-0.15, -0.1) is 0 Å². The number of benzene rings is 1. The predicted octanol–water partition coefficient (Wildman–Crippen LogP) is 3.61. The first-order valence-corrected chi connectivity index (χ1v) is 6.31. The summed E-state index contributed by atoms with van der Waals surface area (Å²) >= 11 is 0. The summed E-state index contributed by atoms with van der Waals surface area (Å²) in [5.74, 6) is -1.46. The zero-order chi connectivity index (χ0) is 15.0. The van der Waals surface area contributed by atoms with Crippen LogP contribution >= 0.6 is 0 Å². The molecule has 110 valence electrons. The highest BCUT2D eigenvalue weighted by atomic mass is 19.4. The van der Waals surface area contributed by atoms with E-state index >= 15 is 0 Å². The summed E-state index contributed by atoms with van der Waals surface area (Å²) < 4.78 is 43.9. The molecule has 0 amide bonds. The smallest absolute Gasteiger partial charge is 0.419 e. The Morgan fingerprint density at radius 3 is 2.35 bits per heavy atom. The second-order valence-corrected chi connectivity index (χ2v) is 4.98. The maximum Gasteiger partial charge on any atom is 0.419 e. The van der Waals surface area contributed by atoms with Crippen LogP contribution in [0.3, 0.4) is 0 Å². The second-order valence-electron chi connectivity index (χ2n) is 4.98. The van der Waals surface area contributed by atoms with E-state index in [0.717, 1.165) is 13.2 Å².